The van der Waals surface area contributed by atoms with E-state index in [-0.39, 0.29) is 0 Å². The lowest BCUT2D eigenvalue weighted by molar-refractivity contribution is 0.339. The van der Waals surface area contributed by atoms with E-state index in [1.54, 1.807) is 0 Å². The van der Waals surface area contributed by atoms with Gasteiger partial charge in [-0.3, -0.25) is 0 Å². The molecule has 4 nitrogen and oxygen atoms in total. The molecular formula is C16H20N2O2. The van der Waals surface area contributed by atoms with Gasteiger partial charge < -0.3 is 15.2 Å². The van der Waals surface area contributed by atoms with E-state index in [2.05, 4.69) is 11.9 Å². The van der Waals surface area contributed by atoms with Gasteiger partial charge in [-0.05, 0) is 49.2 Å². The molecule has 0 radical (unpaired) electrons. The Balaban J connectivity index is 2.16. The van der Waals surface area contributed by atoms with Crippen molar-refractivity contribution in [2.45, 2.75) is 26.8 Å². The van der Waals surface area contributed by atoms with Gasteiger partial charge in [-0.2, -0.15) is 0 Å². The normalized spacial score (nSPS) is 10.3. The Morgan fingerprint density at radius 3 is 2.35 bits per heavy atom. The molecule has 0 aliphatic carbocycles. The van der Waals surface area contributed by atoms with Gasteiger partial charge in [-0.1, -0.05) is 6.92 Å². The van der Waals surface area contributed by atoms with Crippen LogP contribution in [0.25, 0.3) is 0 Å². The molecule has 0 unspecified atom stereocenters. The summed E-state index contributed by atoms with van der Waals surface area (Å²) >= 11 is 0. The minimum atomic E-state index is 0.481. The third-order valence-corrected chi connectivity index (χ3v) is 2.87. The predicted octanol–water partition coefficient (Wildman–Crippen LogP) is 3.29. The van der Waals surface area contributed by atoms with Crippen LogP contribution in [0.1, 0.15) is 25.1 Å². The van der Waals surface area contributed by atoms with E-state index in [9.17, 15) is 0 Å². The first kappa shape index (κ1) is 14.3. The van der Waals surface area contributed by atoms with E-state index in [0.717, 1.165) is 29.2 Å². The molecule has 106 valence electrons. The average Bonchev–Trinajstić information content (AvgIpc) is 2.49. The Labute approximate surface area is 119 Å². The predicted molar refractivity (Wildman–Crippen MR) is 79.2 cm³/mol. The van der Waals surface area contributed by atoms with E-state index in [4.69, 9.17) is 15.2 Å². The number of rotatable bonds is 6. The van der Waals surface area contributed by atoms with Crippen molar-refractivity contribution in [3.05, 3.63) is 47.7 Å². The molecule has 0 amide bonds. The van der Waals surface area contributed by atoms with Crippen molar-refractivity contribution in [3.8, 4) is 17.4 Å². The van der Waals surface area contributed by atoms with Crippen molar-refractivity contribution in [2.24, 2.45) is 5.73 Å². The second kappa shape index (κ2) is 6.91. The van der Waals surface area contributed by atoms with Gasteiger partial charge in [-0.15, -0.1) is 0 Å². The monoisotopic (exact) mass is 272 g/mol. The molecule has 1 aromatic carbocycles. The number of nitrogens with zero attached hydrogens (tertiary/aromatic N) is 1. The summed E-state index contributed by atoms with van der Waals surface area (Å²) in [6.07, 6.45) is 0.855. The number of pyridine rings is 1. The number of ether oxygens (including phenoxy) is 2. The maximum absolute atomic E-state index is 5.77. The quantitative estimate of drug-likeness (QED) is 0.876. The summed E-state index contributed by atoms with van der Waals surface area (Å²) in [6, 6.07) is 11.4. The summed E-state index contributed by atoms with van der Waals surface area (Å²) in [5.74, 6) is 2.14. The zero-order valence-corrected chi connectivity index (χ0v) is 11.9. The molecule has 0 saturated carbocycles. The van der Waals surface area contributed by atoms with Crippen LogP contribution in [-0.2, 0) is 13.0 Å². The number of hydrogen-bond acceptors (Lipinski definition) is 4. The highest BCUT2D eigenvalue weighted by atomic mass is 16.5. The van der Waals surface area contributed by atoms with Crippen LogP contribution < -0.4 is 15.2 Å². The maximum Gasteiger partial charge on any atom is 0.219 e. The first-order valence-electron chi connectivity index (χ1n) is 6.85. The minimum Gasteiger partial charge on any atom is -0.494 e. The summed E-state index contributed by atoms with van der Waals surface area (Å²) in [7, 11) is 0. The van der Waals surface area contributed by atoms with Crippen molar-refractivity contribution in [3.63, 3.8) is 0 Å². The van der Waals surface area contributed by atoms with Crippen LogP contribution in [0.4, 0.5) is 0 Å². The fourth-order valence-corrected chi connectivity index (χ4v) is 1.86. The third kappa shape index (κ3) is 3.71. The van der Waals surface area contributed by atoms with Gasteiger partial charge in [0, 0.05) is 18.3 Å². The van der Waals surface area contributed by atoms with Crippen LogP contribution in [0.5, 0.6) is 17.4 Å². The van der Waals surface area contributed by atoms with Gasteiger partial charge in [-0.25, -0.2) is 4.98 Å². The Hall–Kier alpha value is -2.07. The molecule has 2 rings (SSSR count). The summed E-state index contributed by atoms with van der Waals surface area (Å²) in [5, 5.41) is 0. The third-order valence-electron chi connectivity index (χ3n) is 2.87. The lowest BCUT2D eigenvalue weighted by atomic mass is 10.2. The van der Waals surface area contributed by atoms with Crippen molar-refractivity contribution in [1.29, 1.82) is 0 Å². The molecule has 0 aliphatic rings. The Morgan fingerprint density at radius 1 is 1.05 bits per heavy atom. The second-order valence-corrected chi connectivity index (χ2v) is 4.37. The van der Waals surface area contributed by atoms with Gasteiger partial charge in [0.25, 0.3) is 0 Å². The van der Waals surface area contributed by atoms with Gasteiger partial charge in [0.2, 0.25) is 5.88 Å². The number of benzene rings is 1. The second-order valence-electron chi connectivity index (χ2n) is 4.37. The summed E-state index contributed by atoms with van der Waals surface area (Å²) < 4.78 is 11.2. The number of hydrogen-bond donors (Lipinski definition) is 1. The largest absolute Gasteiger partial charge is 0.494 e. The lowest BCUT2D eigenvalue weighted by Gasteiger charge is -2.09. The van der Waals surface area contributed by atoms with E-state index in [1.807, 2.05) is 43.3 Å². The molecular weight excluding hydrogens is 252 g/mol. The highest BCUT2D eigenvalue weighted by Gasteiger charge is 2.04. The maximum atomic E-state index is 5.77. The first-order chi connectivity index (χ1) is 9.75. The van der Waals surface area contributed by atoms with Gasteiger partial charge in [0.1, 0.15) is 11.5 Å². The van der Waals surface area contributed by atoms with Crippen LogP contribution in [0.2, 0.25) is 0 Å². The smallest absolute Gasteiger partial charge is 0.219 e. The van der Waals surface area contributed by atoms with Gasteiger partial charge >= 0.3 is 0 Å². The summed E-state index contributed by atoms with van der Waals surface area (Å²) in [6.45, 7) is 5.15. The highest BCUT2D eigenvalue weighted by Crippen LogP contribution is 2.23. The lowest BCUT2D eigenvalue weighted by Crippen LogP contribution is -2.00. The van der Waals surface area contributed by atoms with Crippen molar-refractivity contribution in [2.75, 3.05) is 6.61 Å². The standard InChI is InChI=1S/C16H20N2O2/c1-3-13-9-12(11-17)10-16(18-13)20-15-7-5-14(6-8-15)19-4-2/h5-10H,3-4,11,17H2,1-2H3. The van der Waals surface area contributed by atoms with E-state index >= 15 is 0 Å². The van der Waals surface area contributed by atoms with Crippen LogP contribution in [0, 0.1) is 0 Å². The molecule has 1 heterocycles. The number of nitrogens with two attached hydrogens (primary N) is 1. The average molecular weight is 272 g/mol. The van der Waals surface area contributed by atoms with Crippen molar-refractivity contribution >= 4 is 0 Å². The molecule has 0 aliphatic heterocycles. The molecule has 20 heavy (non-hydrogen) atoms. The van der Waals surface area contributed by atoms with Gasteiger partial charge in [0.15, 0.2) is 0 Å². The summed E-state index contributed by atoms with van der Waals surface area (Å²) in [4.78, 5) is 4.44. The van der Waals surface area contributed by atoms with Crippen LogP contribution in [0.15, 0.2) is 36.4 Å². The fraction of sp³-hybridized carbons (Fsp3) is 0.312. The zero-order chi connectivity index (χ0) is 14.4. The first-order valence-corrected chi connectivity index (χ1v) is 6.85. The minimum absolute atomic E-state index is 0.481. The van der Waals surface area contributed by atoms with Crippen molar-refractivity contribution < 1.29 is 9.47 Å². The molecule has 4 heteroatoms. The Bertz CT molecular complexity index is 531. The van der Waals surface area contributed by atoms with E-state index in [0.29, 0.717) is 19.0 Å². The van der Waals surface area contributed by atoms with Crippen LogP contribution in [0.3, 0.4) is 0 Å². The van der Waals surface area contributed by atoms with Gasteiger partial charge in [0.05, 0.1) is 6.61 Å². The molecule has 0 atom stereocenters. The molecule has 0 saturated heterocycles. The molecule has 2 N–H and O–H groups in total. The molecule has 0 bridgehead atoms. The Morgan fingerprint density at radius 2 is 1.75 bits per heavy atom. The molecule has 0 spiro atoms. The fourth-order valence-electron chi connectivity index (χ4n) is 1.86. The Kier molecular flexibility index (Phi) is 4.96. The number of aryl methyl sites for hydroxylation is 1. The number of aromatic nitrogens is 1. The van der Waals surface area contributed by atoms with Crippen LogP contribution in [-0.4, -0.2) is 11.6 Å². The zero-order valence-electron chi connectivity index (χ0n) is 11.9. The molecule has 1 aromatic heterocycles. The molecule has 0 fully saturated rings. The van der Waals surface area contributed by atoms with Crippen molar-refractivity contribution in [1.82, 2.24) is 4.98 Å². The summed E-state index contributed by atoms with van der Waals surface area (Å²) in [5.41, 5.74) is 7.70. The van der Waals surface area contributed by atoms with E-state index < -0.39 is 0 Å². The van der Waals surface area contributed by atoms with Crippen LogP contribution >= 0.6 is 0 Å². The highest BCUT2D eigenvalue weighted by molar-refractivity contribution is 5.35. The topological polar surface area (TPSA) is 57.4 Å². The SMILES string of the molecule is CCOc1ccc(Oc2cc(CN)cc(CC)n2)cc1. The van der Waals surface area contributed by atoms with E-state index in [1.165, 1.54) is 0 Å². The molecule has 2 aromatic rings.